The smallest absolute Gasteiger partial charge is 0.225 e. The summed E-state index contributed by atoms with van der Waals surface area (Å²) in [6.07, 6.45) is 0. The van der Waals surface area contributed by atoms with Crippen LogP contribution in [0.4, 0.5) is 11.4 Å². The molecule has 0 aliphatic heterocycles. The number of primary sulfonamides is 1. The van der Waals surface area contributed by atoms with E-state index >= 15 is 0 Å². The van der Waals surface area contributed by atoms with E-state index in [9.17, 15) is 8.42 Å². The molecule has 3 aromatic rings. The Morgan fingerprint density at radius 1 is 0.667 bits per heavy atom. The van der Waals surface area contributed by atoms with Gasteiger partial charge in [0, 0.05) is 0 Å². The molecule has 0 aromatic heterocycles. The van der Waals surface area contributed by atoms with Crippen molar-refractivity contribution >= 4 is 21.4 Å². The summed E-state index contributed by atoms with van der Waals surface area (Å²) in [4.78, 5) is 0.0890. The van der Waals surface area contributed by atoms with Gasteiger partial charge in [-0.1, -0.05) is 42.5 Å². The summed E-state index contributed by atoms with van der Waals surface area (Å²) < 4.78 is 22.6. The molecule has 2 N–H and O–H groups in total. The van der Waals surface area contributed by atoms with E-state index in [0.29, 0.717) is 5.69 Å². The van der Waals surface area contributed by atoms with Gasteiger partial charge in [0.25, 0.3) is 0 Å². The normalized spacial score (nSPS) is 11.7. The lowest BCUT2D eigenvalue weighted by molar-refractivity contribution is 0.598. The van der Waals surface area contributed by atoms with Crippen LogP contribution in [0.5, 0.6) is 0 Å². The van der Waals surface area contributed by atoms with Crippen molar-refractivity contribution in [3.8, 4) is 11.1 Å². The van der Waals surface area contributed by atoms with Gasteiger partial charge in [0.05, 0.1) is 16.3 Å². The quantitative estimate of drug-likeness (QED) is 0.715. The number of nitrogens with zero attached hydrogens (tertiary/aromatic N) is 2. The zero-order valence-corrected chi connectivity index (χ0v) is 13.5. The van der Waals surface area contributed by atoms with Crippen LogP contribution in [0.25, 0.3) is 11.1 Å². The molecule has 3 aromatic carbocycles. The Labute approximate surface area is 140 Å². The van der Waals surface area contributed by atoms with Crippen molar-refractivity contribution in [1.29, 1.82) is 0 Å². The van der Waals surface area contributed by atoms with Gasteiger partial charge >= 0.3 is 0 Å². The summed E-state index contributed by atoms with van der Waals surface area (Å²) in [5.74, 6) is 0. The van der Waals surface area contributed by atoms with E-state index in [4.69, 9.17) is 5.14 Å². The molecule has 120 valence electrons. The van der Waals surface area contributed by atoms with Crippen LogP contribution in [0.1, 0.15) is 0 Å². The topological polar surface area (TPSA) is 84.9 Å². The summed E-state index contributed by atoms with van der Waals surface area (Å²) >= 11 is 0. The average molecular weight is 337 g/mol. The molecule has 0 saturated carbocycles. The first-order valence-corrected chi connectivity index (χ1v) is 8.77. The van der Waals surface area contributed by atoms with Crippen LogP contribution >= 0.6 is 0 Å². The summed E-state index contributed by atoms with van der Waals surface area (Å²) in [5.41, 5.74) is 3.28. The van der Waals surface area contributed by atoms with Crippen molar-refractivity contribution in [2.24, 2.45) is 15.4 Å². The number of benzene rings is 3. The first-order valence-electron chi connectivity index (χ1n) is 7.22. The highest BCUT2D eigenvalue weighted by Crippen LogP contribution is 2.26. The molecule has 0 fully saturated rings. The zero-order valence-electron chi connectivity index (χ0n) is 12.7. The molecule has 0 heterocycles. The lowest BCUT2D eigenvalue weighted by Crippen LogP contribution is -2.11. The van der Waals surface area contributed by atoms with Crippen LogP contribution in [0.2, 0.25) is 0 Å². The zero-order chi connectivity index (χ0) is 17.0. The summed E-state index contributed by atoms with van der Waals surface area (Å²) in [7, 11) is -3.68. The predicted molar refractivity (Wildman–Crippen MR) is 93.9 cm³/mol. The third-order valence-corrected chi connectivity index (χ3v) is 4.33. The molecule has 0 bridgehead atoms. The molecule has 0 aliphatic rings. The second kappa shape index (κ2) is 6.74. The SMILES string of the molecule is NS(=O)(=O)c1ccc(-c2cccc(N=Nc3ccccc3)c2)cc1. The maximum absolute atomic E-state index is 11.3. The highest BCUT2D eigenvalue weighted by atomic mass is 32.2. The molecule has 0 atom stereocenters. The lowest BCUT2D eigenvalue weighted by atomic mass is 10.1. The van der Waals surface area contributed by atoms with Gasteiger partial charge in [-0.15, -0.1) is 0 Å². The van der Waals surface area contributed by atoms with Gasteiger partial charge in [0.15, 0.2) is 0 Å². The molecule has 0 spiro atoms. The Kier molecular flexibility index (Phi) is 4.50. The highest BCUT2D eigenvalue weighted by molar-refractivity contribution is 7.89. The third kappa shape index (κ3) is 3.92. The summed E-state index contributed by atoms with van der Waals surface area (Å²) in [5, 5.41) is 13.5. The van der Waals surface area contributed by atoms with E-state index in [0.717, 1.165) is 16.8 Å². The average Bonchev–Trinajstić information content (AvgIpc) is 2.60. The van der Waals surface area contributed by atoms with Crippen molar-refractivity contribution in [2.45, 2.75) is 4.90 Å². The maximum atomic E-state index is 11.3. The second-order valence-corrected chi connectivity index (χ2v) is 6.72. The Hall–Kier alpha value is -2.83. The number of azo groups is 1. The molecular weight excluding hydrogens is 322 g/mol. The van der Waals surface area contributed by atoms with Gasteiger partial charge < -0.3 is 0 Å². The fourth-order valence-corrected chi connectivity index (χ4v) is 2.71. The van der Waals surface area contributed by atoms with Gasteiger partial charge in [-0.2, -0.15) is 10.2 Å². The van der Waals surface area contributed by atoms with Crippen molar-refractivity contribution in [1.82, 2.24) is 0 Å². The summed E-state index contributed by atoms with van der Waals surface area (Å²) in [6, 6.07) is 23.4. The van der Waals surface area contributed by atoms with Crippen LogP contribution in [0.3, 0.4) is 0 Å². The maximum Gasteiger partial charge on any atom is 0.238 e. The van der Waals surface area contributed by atoms with Gasteiger partial charge in [-0.3, -0.25) is 0 Å². The van der Waals surface area contributed by atoms with Crippen molar-refractivity contribution < 1.29 is 8.42 Å². The van der Waals surface area contributed by atoms with E-state index in [2.05, 4.69) is 10.2 Å². The van der Waals surface area contributed by atoms with Gasteiger partial charge in [-0.05, 0) is 47.5 Å². The first kappa shape index (κ1) is 16.0. The molecule has 6 heteroatoms. The number of nitrogens with two attached hydrogens (primary N) is 1. The van der Waals surface area contributed by atoms with E-state index in [1.165, 1.54) is 12.1 Å². The predicted octanol–water partition coefficient (Wildman–Crippen LogP) is 4.42. The Morgan fingerprint density at radius 2 is 1.29 bits per heavy atom. The number of hydrogen-bond acceptors (Lipinski definition) is 4. The number of sulfonamides is 1. The number of hydrogen-bond donors (Lipinski definition) is 1. The Morgan fingerprint density at radius 3 is 1.96 bits per heavy atom. The largest absolute Gasteiger partial charge is 0.238 e. The van der Waals surface area contributed by atoms with Crippen LogP contribution in [-0.2, 0) is 10.0 Å². The fraction of sp³-hybridized carbons (Fsp3) is 0. The second-order valence-electron chi connectivity index (χ2n) is 5.16. The summed E-state index contributed by atoms with van der Waals surface area (Å²) in [6.45, 7) is 0. The van der Waals surface area contributed by atoms with Crippen LogP contribution in [-0.4, -0.2) is 8.42 Å². The Bertz CT molecular complexity index is 967. The molecule has 0 radical (unpaired) electrons. The molecule has 5 nitrogen and oxygen atoms in total. The van der Waals surface area contributed by atoms with Gasteiger partial charge in [0.2, 0.25) is 10.0 Å². The van der Waals surface area contributed by atoms with Crippen molar-refractivity contribution in [3.63, 3.8) is 0 Å². The van der Waals surface area contributed by atoms with Crippen LogP contribution < -0.4 is 5.14 Å². The monoisotopic (exact) mass is 337 g/mol. The minimum atomic E-state index is -3.68. The molecular formula is C18H15N3O2S. The van der Waals surface area contributed by atoms with Crippen molar-refractivity contribution in [2.75, 3.05) is 0 Å². The van der Waals surface area contributed by atoms with E-state index in [1.807, 2.05) is 54.6 Å². The molecule has 0 amide bonds. The van der Waals surface area contributed by atoms with E-state index in [1.54, 1.807) is 12.1 Å². The van der Waals surface area contributed by atoms with E-state index < -0.39 is 10.0 Å². The van der Waals surface area contributed by atoms with Crippen LogP contribution in [0, 0.1) is 0 Å². The van der Waals surface area contributed by atoms with Crippen LogP contribution in [0.15, 0.2) is 94.0 Å². The minimum absolute atomic E-state index is 0.0890. The van der Waals surface area contributed by atoms with Gasteiger partial charge in [0.1, 0.15) is 0 Å². The molecule has 0 unspecified atom stereocenters. The van der Waals surface area contributed by atoms with Crippen molar-refractivity contribution in [3.05, 3.63) is 78.9 Å². The Balaban J connectivity index is 1.87. The highest BCUT2D eigenvalue weighted by Gasteiger charge is 2.07. The third-order valence-electron chi connectivity index (χ3n) is 3.40. The lowest BCUT2D eigenvalue weighted by Gasteiger charge is -2.04. The first-order chi connectivity index (χ1) is 11.5. The molecule has 0 saturated heterocycles. The van der Waals surface area contributed by atoms with E-state index in [-0.39, 0.29) is 4.90 Å². The fourth-order valence-electron chi connectivity index (χ4n) is 2.19. The molecule has 3 rings (SSSR count). The minimum Gasteiger partial charge on any atom is -0.225 e. The molecule has 24 heavy (non-hydrogen) atoms. The standard InChI is InChI=1S/C18H15N3O2S/c19-24(22,23)18-11-9-14(10-12-18)15-5-4-8-17(13-15)21-20-16-6-2-1-3-7-16/h1-13H,(H2,19,22,23). The molecule has 0 aliphatic carbocycles. The number of rotatable bonds is 4. The van der Waals surface area contributed by atoms with Gasteiger partial charge in [-0.25, -0.2) is 13.6 Å².